The molecule has 0 radical (unpaired) electrons. The molecule has 0 aliphatic rings. The Morgan fingerprint density at radius 1 is 1.21 bits per heavy atom. The zero-order valence-corrected chi connectivity index (χ0v) is 11.2. The lowest BCUT2D eigenvalue weighted by molar-refractivity contribution is 0.414. The minimum atomic E-state index is -0.108. The molecule has 0 spiro atoms. The Morgan fingerprint density at radius 3 is 2.53 bits per heavy atom. The van der Waals surface area contributed by atoms with Crippen molar-refractivity contribution in [2.45, 2.75) is 6.92 Å². The summed E-state index contributed by atoms with van der Waals surface area (Å²) >= 11 is 0. The number of benzene rings is 1. The molecule has 2 aromatic rings. The van der Waals surface area contributed by atoms with Crippen LogP contribution in [0.4, 0.5) is 0 Å². The van der Waals surface area contributed by atoms with Gasteiger partial charge in [-0.1, -0.05) is 6.07 Å². The van der Waals surface area contributed by atoms with Crippen molar-refractivity contribution in [1.82, 2.24) is 4.98 Å². The molecule has 1 N–H and O–H groups in total. The van der Waals surface area contributed by atoms with Gasteiger partial charge in [0.2, 0.25) is 5.56 Å². The number of methoxy groups -OCH3 is 1. The molecule has 0 amide bonds. The van der Waals surface area contributed by atoms with Gasteiger partial charge in [0, 0.05) is 30.6 Å². The van der Waals surface area contributed by atoms with Crippen LogP contribution in [0.1, 0.15) is 12.5 Å². The maximum Gasteiger partial charge on any atom is 0.247 e. The number of aromatic amines is 1. The SMILES string of the molecule is CN=C(C)c1cc(-c2ccc(=O)[nH]c2)ccc1OC. The molecule has 98 valence electrons. The monoisotopic (exact) mass is 256 g/mol. The van der Waals surface area contributed by atoms with E-state index in [0.29, 0.717) is 0 Å². The van der Waals surface area contributed by atoms with Crippen molar-refractivity contribution in [2.24, 2.45) is 4.99 Å². The number of H-pyrrole nitrogens is 1. The first-order valence-electron chi connectivity index (χ1n) is 5.96. The minimum Gasteiger partial charge on any atom is -0.496 e. The predicted octanol–water partition coefficient (Wildman–Crippen LogP) is 2.49. The Bertz CT molecular complexity index is 652. The molecule has 0 unspecified atom stereocenters. The average molecular weight is 256 g/mol. The van der Waals surface area contributed by atoms with Crippen LogP contribution in [0.25, 0.3) is 11.1 Å². The van der Waals surface area contributed by atoms with E-state index >= 15 is 0 Å². The van der Waals surface area contributed by atoms with Crippen LogP contribution in [0.5, 0.6) is 5.75 Å². The van der Waals surface area contributed by atoms with Crippen molar-refractivity contribution in [3.8, 4) is 16.9 Å². The Balaban J connectivity index is 2.54. The van der Waals surface area contributed by atoms with E-state index in [1.807, 2.05) is 25.1 Å². The first-order chi connectivity index (χ1) is 9.15. The Hall–Kier alpha value is -2.36. The van der Waals surface area contributed by atoms with Crippen molar-refractivity contribution in [1.29, 1.82) is 0 Å². The smallest absolute Gasteiger partial charge is 0.247 e. The molecule has 4 nitrogen and oxygen atoms in total. The van der Waals surface area contributed by atoms with Crippen LogP contribution in [0.2, 0.25) is 0 Å². The summed E-state index contributed by atoms with van der Waals surface area (Å²) in [4.78, 5) is 17.9. The van der Waals surface area contributed by atoms with Crippen molar-refractivity contribution < 1.29 is 4.74 Å². The maximum absolute atomic E-state index is 11.1. The van der Waals surface area contributed by atoms with Gasteiger partial charge in [-0.15, -0.1) is 0 Å². The van der Waals surface area contributed by atoms with E-state index in [1.165, 1.54) is 6.07 Å². The fourth-order valence-electron chi connectivity index (χ4n) is 1.88. The summed E-state index contributed by atoms with van der Waals surface area (Å²) in [5.74, 6) is 0.788. The Morgan fingerprint density at radius 2 is 1.95 bits per heavy atom. The summed E-state index contributed by atoms with van der Waals surface area (Å²) < 4.78 is 5.34. The van der Waals surface area contributed by atoms with E-state index in [-0.39, 0.29) is 5.56 Å². The van der Waals surface area contributed by atoms with Crippen LogP contribution >= 0.6 is 0 Å². The van der Waals surface area contributed by atoms with Gasteiger partial charge in [0.15, 0.2) is 0 Å². The van der Waals surface area contributed by atoms with Gasteiger partial charge in [-0.2, -0.15) is 0 Å². The van der Waals surface area contributed by atoms with Crippen LogP contribution in [0, 0.1) is 0 Å². The van der Waals surface area contributed by atoms with Crippen LogP contribution in [-0.4, -0.2) is 24.9 Å². The normalized spacial score (nSPS) is 11.4. The molecule has 0 saturated carbocycles. The van der Waals surface area contributed by atoms with Crippen LogP contribution in [0.15, 0.2) is 46.3 Å². The standard InChI is InChI=1S/C15H16N2O2/c1-10(16-2)13-8-11(4-6-14(13)19-3)12-5-7-15(18)17-9-12/h4-9H,1-3H3,(H,17,18). The second-order valence-corrected chi connectivity index (χ2v) is 4.17. The van der Waals surface area contributed by atoms with E-state index < -0.39 is 0 Å². The first kappa shape index (κ1) is 13.1. The van der Waals surface area contributed by atoms with Gasteiger partial charge in [0.05, 0.1) is 7.11 Å². The molecular formula is C15H16N2O2. The summed E-state index contributed by atoms with van der Waals surface area (Å²) in [5.41, 5.74) is 3.71. The van der Waals surface area contributed by atoms with Crippen LogP contribution in [-0.2, 0) is 0 Å². The van der Waals surface area contributed by atoms with Crippen LogP contribution < -0.4 is 10.3 Å². The molecule has 19 heavy (non-hydrogen) atoms. The quantitative estimate of drug-likeness (QED) is 0.858. The number of rotatable bonds is 3. The number of hydrogen-bond acceptors (Lipinski definition) is 3. The van der Waals surface area contributed by atoms with E-state index in [0.717, 1.165) is 28.2 Å². The topological polar surface area (TPSA) is 54.5 Å². The predicted molar refractivity (Wildman–Crippen MR) is 77.2 cm³/mol. The van der Waals surface area contributed by atoms with Gasteiger partial charge in [-0.25, -0.2) is 0 Å². The molecule has 0 aliphatic heterocycles. The van der Waals surface area contributed by atoms with Gasteiger partial charge >= 0.3 is 0 Å². The largest absolute Gasteiger partial charge is 0.496 e. The molecular weight excluding hydrogens is 240 g/mol. The number of pyridine rings is 1. The summed E-state index contributed by atoms with van der Waals surface area (Å²) in [7, 11) is 3.39. The molecule has 1 aromatic carbocycles. The second kappa shape index (κ2) is 5.52. The Kier molecular flexibility index (Phi) is 3.80. The summed E-state index contributed by atoms with van der Waals surface area (Å²) in [6.07, 6.45) is 1.70. The summed E-state index contributed by atoms with van der Waals surface area (Å²) in [6.45, 7) is 1.94. The highest BCUT2D eigenvalue weighted by molar-refractivity contribution is 6.02. The molecule has 0 bridgehead atoms. The third-order valence-electron chi connectivity index (χ3n) is 3.04. The lowest BCUT2D eigenvalue weighted by Gasteiger charge is -2.10. The molecule has 0 aliphatic carbocycles. The molecule has 4 heteroatoms. The maximum atomic E-state index is 11.1. The van der Waals surface area contributed by atoms with Gasteiger partial charge in [-0.05, 0) is 36.2 Å². The van der Waals surface area contributed by atoms with Crippen molar-refractivity contribution in [2.75, 3.05) is 14.2 Å². The molecule has 2 rings (SSSR count). The number of ether oxygens (including phenoxy) is 1. The van der Waals surface area contributed by atoms with Crippen molar-refractivity contribution >= 4 is 5.71 Å². The average Bonchev–Trinajstić information content (AvgIpc) is 2.46. The van der Waals surface area contributed by atoms with Gasteiger partial charge in [0.25, 0.3) is 0 Å². The van der Waals surface area contributed by atoms with E-state index in [1.54, 1.807) is 26.4 Å². The fraction of sp³-hybridized carbons (Fsp3) is 0.200. The van der Waals surface area contributed by atoms with Gasteiger partial charge < -0.3 is 9.72 Å². The second-order valence-electron chi connectivity index (χ2n) is 4.17. The number of hydrogen-bond donors (Lipinski definition) is 1. The number of aliphatic imine (C=N–C) groups is 1. The van der Waals surface area contributed by atoms with Crippen LogP contribution in [0.3, 0.4) is 0 Å². The lowest BCUT2D eigenvalue weighted by atomic mass is 10.0. The van der Waals surface area contributed by atoms with Crippen molar-refractivity contribution in [3.05, 3.63) is 52.4 Å². The highest BCUT2D eigenvalue weighted by Gasteiger charge is 2.08. The summed E-state index contributed by atoms with van der Waals surface area (Å²) in [5, 5.41) is 0. The minimum absolute atomic E-state index is 0.108. The van der Waals surface area contributed by atoms with Crippen molar-refractivity contribution in [3.63, 3.8) is 0 Å². The van der Waals surface area contributed by atoms with Gasteiger partial charge in [-0.3, -0.25) is 9.79 Å². The molecule has 0 atom stereocenters. The molecule has 1 heterocycles. The number of nitrogens with zero attached hydrogens (tertiary/aromatic N) is 1. The highest BCUT2D eigenvalue weighted by atomic mass is 16.5. The third kappa shape index (κ3) is 2.73. The molecule has 0 fully saturated rings. The number of aromatic nitrogens is 1. The van der Waals surface area contributed by atoms with E-state index in [2.05, 4.69) is 9.98 Å². The molecule has 0 saturated heterocycles. The molecule has 1 aromatic heterocycles. The summed E-state index contributed by atoms with van der Waals surface area (Å²) in [6, 6.07) is 9.18. The number of nitrogens with one attached hydrogen (secondary N) is 1. The van der Waals surface area contributed by atoms with E-state index in [4.69, 9.17) is 4.74 Å². The van der Waals surface area contributed by atoms with E-state index in [9.17, 15) is 4.79 Å². The highest BCUT2D eigenvalue weighted by Crippen LogP contribution is 2.26. The lowest BCUT2D eigenvalue weighted by Crippen LogP contribution is -2.02. The third-order valence-corrected chi connectivity index (χ3v) is 3.04. The fourth-order valence-corrected chi connectivity index (χ4v) is 1.88. The first-order valence-corrected chi connectivity index (χ1v) is 5.96. The Labute approximate surface area is 111 Å². The van der Waals surface area contributed by atoms with Gasteiger partial charge in [0.1, 0.15) is 5.75 Å². The zero-order valence-electron chi connectivity index (χ0n) is 11.2. The zero-order chi connectivity index (χ0) is 13.8.